The van der Waals surface area contributed by atoms with Gasteiger partial charge in [-0.05, 0) is 96.6 Å². The molecule has 0 spiro atoms. The third-order valence-electron chi connectivity index (χ3n) is 12.1. The van der Waals surface area contributed by atoms with E-state index in [1.165, 1.54) is 49.7 Å². The molecule has 9 rings (SSSR count). The molecule has 2 N–H and O–H groups in total. The van der Waals surface area contributed by atoms with Gasteiger partial charge in [0.25, 0.3) is 23.6 Å². The third kappa shape index (κ3) is 5.95. The molecule has 4 aromatic rings. The van der Waals surface area contributed by atoms with Crippen molar-refractivity contribution in [2.75, 3.05) is 17.5 Å². The van der Waals surface area contributed by atoms with Gasteiger partial charge in [-0.25, -0.2) is 9.37 Å². The Morgan fingerprint density at radius 1 is 0.932 bits per heavy atom. The summed E-state index contributed by atoms with van der Waals surface area (Å²) in [6.45, 7) is 0. The summed E-state index contributed by atoms with van der Waals surface area (Å²) in [4.78, 5) is 62.9. The Morgan fingerprint density at radius 2 is 1.66 bits per heavy atom. The van der Waals surface area contributed by atoms with Crippen LogP contribution in [0.3, 0.4) is 0 Å². The van der Waals surface area contributed by atoms with Crippen molar-refractivity contribution in [3.8, 4) is 11.5 Å². The van der Waals surface area contributed by atoms with E-state index < -0.39 is 82.1 Å². The van der Waals surface area contributed by atoms with E-state index in [9.17, 15) is 37.1 Å². The van der Waals surface area contributed by atoms with E-state index in [1.54, 1.807) is 36.4 Å². The van der Waals surface area contributed by atoms with Gasteiger partial charge in [-0.15, -0.1) is 0 Å². The molecular formula is C42H31Cl2F4N5O6. The minimum atomic E-state index is -4.85. The molecule has 0 radical (unpaired) electrons. The Balaban J connectivity index is 1.19. The summed E-state index contributed by atoms with van der Waals surface area (Å²) in [6, 6.07) is 17.9. The Hall–Kier alpha value is -5.93. The molecule has 3 fully saturated rings. The van der Waals surface area contributed by atoms with E-state index in [0.717, 1.165) is 21.1 Å². The maximum atomic E-state index is 15.4. The zero-order valence-corrected chi connectivity index (χ0v) is 32.2. The van der Waals surface area contributed by atoms with Gasteiger partial charge < -0.3 is 9.84 Å². The normalized spacial score (nSPS) is 26.1. The molecule has 0 bridgehead atoms. The number of benzene rings is 3. The number of amides is 4. The molecular weight excluding hydrogens is 817 g/mol. The monoisotopic (exact) mass is 847 g/mol. The number of ether oxygens (including phenoxy) is 1. The van der Waals surface area contributed by atoms with Crippen molar-refractivity contribution in [2.24, 2.45) is 29.6 Å². The van der Waals surface area contributed by atoms with Gasteiger partial charge in [-0.1, -0.05) is 47.0 Å². The summed E-state index contributed by atoms with van der Waals surface area (Å²) in [5, 5.41) is 13.1. The van der Waals surface area contributed by atoms with Crippen molar-refractivity contribution >= 4 is 58.3 Å². The van der Waals surface area contributed by atoms with Gasteiger partial charge in [0.1, 0.15) is 23.0 Å². The summed E-state index contributed by atoms with van der Waals surface area (Å²) in [6.07, 6.45) is -1.46. The lowest BCUT2D eigenvalue weighted by atomic mass is 9.48. The van der Waals surface area contributed by atoms with E-state index in [2.05, 4.69) is 10.4 Å². The van der Waals surface area contributed by atoms with E-state index in [0.29, 0.717) is 39.1 Å². The predicted octanol–water partition coefficient (Wildman–Crippen LogP) is 7.64. The first-order valence-electron chi connectivity index (χ1n) is 18.5. The second-order valence-electron chi connectivity index (χ2n) is 15.2. The number of phenolic OH excluding ortho intramolecular Hbond substituents is 1. The first-order valence-corrected chi connectivity index (χ1v) is 19.2. The molecule has 3 aliphatic heterocycles. The van der Waals surface area contributed by atoms with E-state index in [1.807, 2.05) is 0 Å². The first-order chi connectivity index (χ1) is 28.1. The first kappa shape index (κ1) is 38.6. The van der Waals surface area contributed by atoms with Crippen LogP contribution in [-0.2, 0) is 37.2 Å². The number of nitrogens with one attached hydrogen (secondary N) is 1. The molecule has 5 aliphatic rings. The number of aromatic hydroxyl groups is 1. The smallest absolute Gasteiger partial charge is 0.433 e. The lowest BCUT2D eigenvalue weighted by Crippen LogP contribution is -2.55. The number of anilines is 2. The highest BCUT2D eigenvalue weighted by molar-refractivity contribution is 6.33. The summed E-state index contributed by atoms with van der Waals surface area (Å²) >= 11 is 12.7. The Kier molecular flexibility index (Phi) is 9.05. The van der Waals surface area contributed by atoms with Crippen LogP contribution in [0.4, 0.5) is 29.1 Å². The summed E-state index contributed by atoms with van der Waals surface area (Å²) in [7, 11) is 1.22. The SMILES string of the molecule is CN(c1nc(C(F)(F)F)ccc1Cl)N1C(=O)C2CC=C3C(CC4C(=O)N(Nc5ccc(F)cc5)C(=O)C4(c4ccc(Cl)cc4)C3C3=COc4ccc(O)cc4C3)C2C1=O. The number of phenols is 1. The van der Waals surface area contributed by atoms with Crippen LogP contribution in [0, 0.1) is 35.4 Å². The molecule has 1 aromatic heterocycles. The van der Waals surface area contributed by atoms with Gasteiger partial charge >= 0.3 is 6.18 Å². The number of nitrogens with zero attached hydrogens (tertiary/aromatic N) is 4. The van der Waals surface area contributed by atoms with Crippen molar-refractivity contribution in [2.45, 2.75) is 30.9 Å². The van der Waals surface area contributed by atoms with Crippen LogP contribution in [0.15, 0.2) is 102 Å². The molecule has 4 heterocycles. The number of carbonyl (C=O) groups excluding carboxylic acids is 4. The van der Waals surface area contributed by atoms with Crippen molar-refractivity contribution in [3.63, 3.8) is 0 Å². The van der Waals surface area contributed by atoms with Gasteiger partial charge in [-0.3, -0.25) is 29.6 Å². The molecule has 2 aliphatic carbocycles. The minimum Gasteiger partial charge on any atom is -0.508 e. The molecule has 6 unspecified atom stereocenters. The zero-order valence-electron chi connectivity index (χ0n) is 30.7. The number of fused-ring (bicyclic) bond motifs is 5. The maximum Gasteiger partial charge on any atom is 0.433 e. The van der Waals surface area contributed by atoms with E-state index in [4.69, 9.17) is 27.9 Å². The average Bonchev–Trinajstić information content (AvgIpc) is 3.58. The number of allylic oxidation sites excluding steroid dienone is 3. The van der Waals surface area contributed by atoms with Crippen LogP contribution < -0.4 is 15.2 Å². The fourth-order valence-corrected chi connectivity index (χ4v) is 10.0. The van der Waals surface area contributed by atoms with Crippen LogP contribution in [0.2, 0.25) is 10.0 Å². The molecule has 2 saturated heterocycles. The summed E-state index contributed by atoms with van der Waals surface area (Å²) in [5.74, 6) is -8.39. The summed E-state index contributed by atoms with van der Waals surface area (Å²) < 4.78 is 61.3. The lowest BCUT2D eigenvalue weighted by molar-refractivity contribution is -0.142. The Morgan fingerprint density at radius 3 is 2.37 bits per heavy atom. The standard InChI is InChI=1S/C42H31Cl2F4N5O6/c1-51(36-31(44)13-15-33(49-36)42(46,47)48)53-37(55)28-12-11-27-29(34(28)39(53)57)18-30-38(56)52(50-25-8-6-24(45)7-9-25)40(58)41(30,22-2-4-23(43)5-3-22)35(27)21-16-20-17-26(54)10-14-32(20)59-19-21/h2-11,13-15,17,19,28-30,34-35,50,54H,12,16,18H2,1H3. The van der Waals surface area contributed by atoms with Crippen LogP contribution in [0.5, 0.6) is 11.5 Å². The molecule has 1 saturated carbocycles. The summed E-state index contributed by atoms with van der Waals surface area (Å²) in [5.41, 5.74) is 2.30. The number of hydrogen-bond donors (Lipinski definition) is 2. The largest absolute Gasteiger partial charge is 0.508 e. The number of pyridine rings is 1. The van der Waals surface area contributed by atoms with E-state index >= 15 is 4.79 Å². The van der Waals surface area contributed by atoms with Crippen molar-refractivity contribution in [1.82, 2.24) is 15.0 Å². The topological polar surface area (TPSA) is 132 Å². The van der Waals surface area contributed by atoms with Crippen LogP contribution in [0.25, 0.3) is 0 Å². The number of imide groups is 2. The fourth-order valence-electron chi connectivity index (χ4n) is 9.66. The predicted molar refractivity (Wildman–Crippen MR) is 205 cm³/mol. The molecule has 6 atom stereocenters. The Labute approximate surface area is 343 Å². The highest BCUT2D eigenvalue weighted by Crippen LogP contribution is 2.63. The number of rotatable bonds is 6. The number of hydrazine groups is 2. The molecule has 11 nitrogen and oxygen atoms in total. The van der Waals surface area contributed by atoms with Gasteiger partial charge in [0.15, 0.2) is 5.82 Å². The average molecular weight is 849 g/mol. The number of alkyl halides is 3. The van der Waals surface area contributed by atoms with E-state index in [-0.39, 0.29) is 35.7 Å². The number of carbonyl (C=O) groups is 4. The molecule has 4 amide bonds. The lowest BCUT2D eigenvalue weighted by Gasteiger charge is -2.51. The second kappa shape index (κ2) is 13.8. The second-order valence-corrected chi connectivity index (χ2v) is 16.0. The fraction of sp³-hybridized carbons (Fsp3) is 0.262. The molecule has 59 heavy (non-hydrogen) atoms. The highest BCUT2D eigenvalue weighted by Gasteiger charge is 2.71. The van der Waals surface area contributed by atoms with Gasteiger partial charge in [0.05, 0.1) is 40.1 Å². The van der Waals surface area contributed by atoms with Crippen molar-refractivity contribution in [1.29, 1.82) is 0 Å². The Bertz CT molecular complexity index is 2530. The molecule has 302 valence electrons. The van der Waals surface area contributed by atoms with Crippen LogP contribution >= 0.6 is 23.2 Å². The minimum absolute atomic E-state index is 0.0121. The van der Waals surface area contributed by atoms with Crippen LogP contribution in [0.1, 0.15) is 29.7 Å². The van der Waals surface area contributed by atoms with Crippen molar-refractivity contribution < 1.29 is 46.6 Å². The number of halogens is 6. The van der Waals surface area contributed by atoms with Gasteiger partial charge in [0, 0.05) is 30.0 Å². The quantitative estimate of drug-likeness (QED) is 0.114. The number of aromatic nitrogens is 1. The van der Waals surface area contributed by atoms with Gasteiger partial charge in [0.2, 0.25) is 0 Å². The van der Waals surface area contributed by atoms with Crippen LogP contribution in [-0.4, -0.2) is 50.8 Å². The van der Waals surface area contributed by atoms with Crippen molar-refractivity contribution in [3.05, 3.63) is 135 Å². The molecule has 3 aromatic carbocycles. The zero-order chi connectivity index (χ0) is 41.7. The molecule has 17 heteroatoms. The number of hydrogen-bond acceptors (Lipinski definition) is 9. The highest BCUT2D eigenvalue weighted by atomic mass is 35.5. The maximum absolute atomic E-state index is 15.4. The van der Waals surface area contributed by atoms with Gasteiger partial charge in [-0.2, -0.15) is 23.2 Å². The third-order valence-corrected chi connectivity index (χ3v) is 12.7.